The van der Waals surface area contributed by atoms with Crippen molar-refractivity contribution in [1.82, 2.24) is 10.3 Å². The van der Waals surface area contributed by atoms with E-state index in [1.165, 1.54) is 12.3 Å². The summed E-state index contributed by atoms with van der Waals surface area (Å²) in [5.41, 5.74) is 0.302. The Labute approximate surface area is 92.8 Å². The first-order valence-corrected chi connectivity index (χ1v) is 5.12. The smallest absolute Gasteiger partial charge is 0.171 e. The molecule has 0 bridgehead atoms. The van der Waals surface area contributed by atoms with E-state index < -0.39 is 5.82 Å². The SMILES string of the molecule is CNC1COCC1C(=O)c1cncc(F)c1. The van der Waals surface area contributed by atoms with E-state index in [1.807, 2.05) is 0 Å². The van der Waals surface area contributed by atoms with Gasteiger partial charge >= 0.3 is 0 Å². The van der Waals surface area contributed by atoms with E-state index in [9.17, 15) is 9.18 Å². The highest BCUT2D eigenvalue weighted by Gasteiger charge is 2.33. The minimum atomic E-state index is -0.495. The number of nitrogens with one attached hydrogen (secondary N) is 1. The van der Waals surface area contributed by atoms with Gasteiger partial charge in [0.2, 0.25) is 0 Å². The summed E-state index contributed by atoms with van der Waals surface area (Å²) in [4.78, 5) is 15.7. The molecule has 1 aromatic rings. The topological polar surface area (TPSA) is 51.2 Å². The van der Waals surface area contributed by atoms with Crippen molar-refractivity contribution in [3.05, 3.63) is 29.8 Å². The number of ketones is 1. The number of likely N-dealkylation sites (N-methyl/N-ethyl adjacent to an activating group) is 1. The Morgan fingerprint density at radius 2 is 2.38 bits per heavy atom. The Hall–Kier alpha value is -1.33. The molecule has 2 unspecified atom stereocenters. The number of nitrogens with zero attached hydrogens (tertiary/aromatic N) is 1. The van der Waals surface area contributed by atoms with Crippen LogP contribution in [-0.4, -0.2) is 37.1 Å². The van der Waals surface area contributed by atoms with Gasteiger partial charge in [-0.25, -0.2) is 4.39 Å². The number of aromatic nitrogens is 1. The Balaban J connectivity index is 2.18. The van der Waals surface area contributed by atoms with Crippen LogP contribution in [0.4, 0.5) is 4.39 Å². The van der Waals surface area contributed by atoms with Crippen molar-refractivity contribution in [2.24, 2.45) is 5.92 Å². The van der Waals surface area contributed by atoms with E-state index in [2.05, 4.69) is 10.3 Å². The van der Waals surface area contributed by atoms with Crippen molar-refractivity contribution in [2.75, 3.05) is 20.3 Å². The maximum absolute atomic E-state index is 12.9. The van der Waals surface area contributed by atoms with Crippen LogP contribution in [0.1, 0.15) is 10.4 Å². The van der Waals surface area contributed by atoms with Crippen LogP contribution in [0.5, 0.6) is 0 Å². The number of carbonyl (C=O) groups excluding carboxylic acids is 1. The molecule has 0 saturated carbocycles. The van der Waals surface area contributed by atoms with E-state index >= 15 is 0 Å². The number of hydrogen-bond acceptors (Lipinski definition) is 4. The van der Waals surface area contributed by atoms with Gasteiger partial charge < -0.3 is 10.1 Å². The Morgan fingerprint density at radius 3 is 3.06 bits per heavy atom. The highest BCUT2D eigenvalue weighted by Crippen LogP contribution is 2.19. The first-order chi connectivity index (χ1) is 7.72. The van der Waals surface area contributed by atoms with E-state index in [1.54, 1.807) is 7.05 Å². The quantitative estimate of drug-likeness (QED) is 0.765. The van der Waals surface area contributed by atoms with Crippen LogP contribution in [0, 0.1) is 11.7 Å². The van der Waals surface area contributed by atoms with Gasteiger partial charge in [0.25, 0.3) is 0 Å². The minimum absolute atomic E-state index is 0.00392. The molecular weight excluding hydrogens is 211 g/mol. The van der Waals surface area contributed by atoms with Gasteiger partial charge in [0.15, 0.2) is 5.78 Å². The number of pyridine rings is 1. The molecule has 1 aromatic heterocycles. The van der Waals surface area contributed by atoms with Crippen molar-refractivity contribution < 1.29 is 13.9 Å². The van der Waals surface area contributed by atoms with Crippen molar-refractivity contribution in [2.45, 2.75) is 6.04 Å². The molecule has 0 radical (unpaired) electrons. The number of ether oxygens (including phenoxy) is 1. The third-order valence-electron chi connectivity index (χ3n) is 2.78. The number of rotatable bonds is 3. The maximum Gasteiger partial charge on any atom is 0.171 e. The summed E-state index contributed by atoms with van der Waals surface area (Å²) < 4.78 is 18.2. The predicted octanol–water partition coefficient (Wildman–Crippen LogP) is 0.638. The molecule has 1 aliphatic heterocycles. The van der Waals surface area contributed by atoms with Gasteiger partial charge in [-0.1, -0.05) is 0 Å². The van der Waals surface area contributed by atoms with Crippen LogP contribution < -0.4 is 5.32 Å². The fourth-order valence-corrected chi connectivity index (χ4v) is 1.86. The fraction of sp³-hybridized carbons (Fsp3) is 0.455. The van der Waals surface area contributed by atoms with Crippen molar-refractivity contribution in [1.29, 1.82) is 0 Å². The van der Waals surface area contributed by atoms with E-state index in [4.69, 9.17) is 4.74 Å². The lowest BCUT2D eigenvalue weighted by atomic mass is 9.94. The third kappa shape index (κ3) is 2.10. The average Bonchev–Trinajstić information content (AvgIpc) is 2.76. The second kappa shape index (κ2) is 4.67. The molecule has 0 aliphatic carbocycles. The summed E-state index contributed by atoms with van der Waals surface area (Å²) in [5, 5.41) is 3.02. The van der Waals surface area contributed by atoms with Gasteiger partial charge in [-0.3, -0.25) is 9.78 Å². The van der Waals surface area contributed by atoms with Crippen molar-refractivity contribution in [3.8, 4) is 0 Å². The van der Waals surface area contributed by atoms with Crippen LogP contribution >= 0.6 is 0 Å². The van der Waals surface area contributed by atoms with Crippen molar-refractivity contribution >= 4 is 5.78 Å². The standard InChI is InChI=1S/C11H13FN2O2/c1-13-10-6-16-5-9(10)11(15)7-2-8(12)4-14-3-7/h2-4,9-10,13H,5-6H2,1H3. The fourth-order valence-electron chi connectivity index (χ4n) is 1.86. The van der Waals surface area contributed by atoms with Crippen LogP contribution in [0.15, 0.2) is 18.5 Å². The van der Waals surface area contributed by atoms with Crippen molar-refractivity contribution in [3.63, 3.8) is 0 Å². The van der Waals surface area contributed by atoms with Crippen LogP contribution in [0.2, 0.25) is 0 Å². The largest absolute Gasteiger partial charge is 0.379 e. The van der Waals surface area contributed by atoms with Gasteiger partial charge in [-0.05, 0) is 13.1 Å². The summed E-state index contributed by atoms with van der Waals surface area (Å²) in [6, 6.07) is 1.20. The lowest BCUT2D eigenvalue weighted by molar-refractivity contribution is 0.0891. The molecule has 1 fully saturated rings. The molecule has 4 nitrogen and oxygen atoms in total. The molecule has 86 valence electrons. The molecule has 2 heterocycles. The van der Waals surface area contributed by atoms with Gasteiger partial charge in [0, 0.05) is 17.8 Å². The monoisotopic (exact) mass is 224 g/mol. The lowest BCUT2D eigenvalue weighted by Gasteiger charge is -2.15. The van der Waals surface area contributed by atoms with Crippen LogP contribution in [0.25, 0.3) is 0 Å². The zero-order valence-corrected chi connectivity index (χ0v) is 8.94. The normalized spacial score (nSPS) is 24.6. The third-order valence-corrected chi connectivity index (χ3v) is 2.78. The first-order valence-electron chi connectivity index (χ1n) is 5.12. The molecule has 2 rings (SSSR count). The minimum Gasteiger partial charge on any atom is -0.379 e. The van der Waals surface area contributed by atoms with Crippen LogP contribution in [-0.2, 0) is 4.74 Å². The first kappa shape index (κ1) is 11.2. The molecule has 5 heteroatoms. The van der Waals surface area contributed by atoms with E-state index in [0.717, 1.165) is 6.20 Å². The molecule has 0 spiro atoms. The average molecular weight is 224 g/mol. The van der Waals surface area contributed by atoms with Gasteiger partial charge in [0.05, 0.1) is 25.3 Å². The number of carbonyl (C=O) groups is 1. The van der Waals surface area contributed by atoms with E-state index in [-0.39, 0.29) is 17.7 Å². The zero-order valence-electron chi connectivity index (χ0n) is 8.94. The zero-order chi connectivity index (χ0) is 11.5. The molecule has 1 N–H and O–H groups in total. The summed E-state index contributed by atoms with van der Waals surface area (Å²) in [7, 11) is 1.78. The summed E-state index contributed by atoms with van der Waals surface area (Å²) >= 11 is 0. The molecule has 2 atom stereocenters. The lowest BCUT2D eigenvalue weighted by Crippen LogP contribution is -2.37. The second-order valence-corrected chi connectivity index (χ2v) is 3.80. The highest BCUT2D eigenvalue weighted by atomic mass is 19.1. The Bertz CT molecular complexity index is 397. The molecule has 1 aliphatic rings. The number of hydrogen-bond donors (Lipinski definition) is 1. The molecule has 16 heavy (non-hydrogen) atoms. The number of halogens is 1. The predicted molar refractivity (Wildman–Crippen MR) is 55.7 cm³/mol. The van der Waals surface area contributed by atoms with E-state index in [0.29, 0.717) is 18.8 Å². The molecular formula is C11H13FN2O2. The molecule has 0 aromatic carbocycles. The summed E-state index contributed by atoms with van der Waals surface area (Å²) in [6.45, 7) is 0.885. The summed E-state index contributed by atoms with van der Waals surface area (Å²) in [6.07, 6.45) is 2.47. The highest BCUT2D eigenvalue weighted by molar-refractivity contribution is 5.98. The maximum atomic E-state index is 12.9. The molecule has 1 saturated heterocycles. The van der Waals surface area contributed by atoms with Gasteiger partial charge in [-0.15, -0.1) is 0 Å². The Kier molecular flexibility index (Phi) is 3.26. The molecule has 0 amide bonds. The second-order valence-electron chi connectivity index (χ2n) is 3.80. The Morgan fingerprint density at radius 1 is 1.56 bits per heavy atom. The van der Waals surface area contributed by atoms with Gasteiger partial charge in [0.1, 0.15) is 5.82 Å². The van der Waals surface area contributed by atoms with Crippen LogP contribution in [0.3, 0.4) is 0 Å². The number of Topliss-reactive ketones (excluding diaryl/α,β-unsaturated/α-hetero) is 1. The summed E-state index contributed by atoms with van der Waals surface area (Å²) in [5.74, 6) is -0.872. The van der Waals surface area contributed by atoms with Gasteiger partial charge in [-0.2, -0.15) is 0 Å².